The van der Waals surface area contributed by atoms with Crippen molar-refractivity contribution < 1.29 is 9.26 Å². The first kappa shape index (κ1) is 10.1. The van der Waals surface area contributed by atoms with Crippen LogP contribution >= 0.6 is 0 Å². The summed E-state index contributed by atoms with van der Waals surface area (Å²) in [7, 11) is 1.70. The van der Waals surface area contributed by atoms with Gasteiger partial charge in [0.15, 0.2) is 5.82 Å². The molecule has 0 aliphatic rings. The van der Waals surface area contributed by atoms with Gasteiger partial charge >= 0.3 is 0 Å². The fourth-order valence-corrected chi connectivity index (χ4v) is 1.04. The van der Waals surface area contributed by atoms with Gasteiger partial charge in [-0.3, -0.25) is 0 Å². The second kappa shape index (κ2) is 5.66. The minimum atomic E-state index is 0.497. The molecular weight excluding hydrogens is 170 g/mol. The van der Waals surface area contributed by atoms with E-state index in [0.29, 0.717) is 18.3 Å². The molecule has 5 heteroatoms. The number of nitrogens with zero attached hydrogens (tertiary/aromatic N) is 2. The van der Waals surface area contributed by atoms with Crippen molar-refractivity contribution in [3.63, 3.8) is 0 Å². The maximum atomic E-state index is 5.00. The van der Waals surface area contributed by atoms with Crippen LogP contribution in [-0.4, -0.2) is 30.4 Å². The van der Waals surface area contributed by atoms with Crippen molar-refractivity contribution >= 4 is 0 Å². The molecular formula is C8H15N3O2. The predicted molar refractivity (Wildman–Crippen MR) is 47.0 cm³/mol. The lowest BCUT2D eigenvalue weighted by atomic mass is 10.2. The van der Waals surface area contributed by atoms with E-state index in [-0.39, 0.29) is 0 Å². The van der Waals surface area contributed by atoms with Crippen molar-refractivity contribution in [2.75, 3.05) is 20.3 Å². The zero-order chi connectivity index (χ0) is 9.52. The summed E-state index contributed by atoms with van der Waals surface area (Å²) in [5.74, 6) is 1.18. The number of methoxy groups -OCH3 is 1. The normalized spacial score (nSPS) is 13.1. The SMILES string of the molecule is COCC(C)CNCc1ncon1. The Hall–Kier alpha value is -0.940. The van der Waals surface area contributed by atoms with Gasteiger partial charge in [0.05, 0.1) is 6.54 Å². The van der Waals surface area contributed by atoms with E-state index in [1.165, 1.54) is 6.39 Å². The molecule has 0 aliphatic carbocycles. The minimum Gasteiger partial charge on any atom is -0.384 e. The van der Waals surface area contributed by atoms with Crippen LogP contribution in [0.3, 0.4) is 0 Å². The molecule has 0 fully saturated rings. The van der Waals surface area contributed by atoms with Crippen LogP contribution in [0.5, 0.6) is 0 Å². The van der Waals surface area contributed by atoms with E-state index in [2.05, 4.69) is 26.9 Å². The first-order valence-corrected chi connectivity index (χ1v) is 4.28. The quantitative estimate of drug-likeness (QED) is 0.697. The summed E-state index contributed by atoms with van der Waals surface area (Å²) >= 11 is 0. The Morgan fingerprint density at radius 1 is 1.69 bits per heavy atom. The fraction of sp³-hybridized carbons (Fsp3) is 0.750. The summed E-state index contributed by atoms with van der Waals surface area (Å²) < 4.78 is 9.60. The first-order chi connectivity index (χ1) is 6.33. The topological polar surface area (TPSA) is 60.2 Å². The Balaban J connectivity index is 2.07. The third-order valence-electron chi connectivity index (χ3n) is 1.63. The van der Waals surface area contributed by atoms with Crippen LogP contribution in [0, 0.1) is 5.92 Å². The Kier molecular flexibility index (Phi) is 4.42. The molecule has 1 aromatic rings. The number of hydrogen-bond donors (Lipinski definition) is 1. The molecule has 0 radical (unpaired) electrons. The van der Waals surface area contributed by atoms with E-state index >= 15 is 0 Å². The molecule has 1 atom stereocenters. The Morgan fingerprint density at radius 3 is 3.15 bits per heavy atom. The molecule has 1 N–H and O–H groups in total. The van der Waals surface area contributed by atoms with Crippen molar-refractivity contribution in [1.82, 2.24) is 15.5 Å². The molecule has 1 unspecified atom stereocenters. The largest absolute Gasteiger partial charge is 0.384 e. The van der Waals surface area contributed by atoms with Crippen LogP contribution in [0.1, 0.15) is 12.7 Å². The van der Waals surface area contributed by atoms with Crippen LogP contribution in [0.2, 0.25) is 0 Å². The molecule has 74 valence electrons. The molecule has 0 amide bonds. The molecule has 0 spiro atoms. The Labute approximate surface area is 77.5 Å². The number of aromatic nitrogens is 2. The maximum Gasteiger partial charge on any atom is 0.213 e. The minimum absolute atomic E-state index is 0.497. The van der Waals surface area contributed by atoms with E-state index < -0.39 is 0 Å². The van der Waals surface area contributed by atoms with E-state index in [0.717, 1.165) is 13.2 Å². The van der Waals surface area contributed by atoms with Gasteiger partial charge in [0.2, 0.25) is 6.39 Å². The highest BCUT2D eigenvalue weighted by molar-refractivity contribution is 4.76. The van der Waals surface area contributed by atoms with Gasteiger partial charge in [-0.25, -0.2) is 0 Å². The van der Waals surface area contributed by atoms with Gasteiger partial charge in [0, 0.05) is 20.3 Å². The van der Waals surface area contributed by atoms with Gasteiger partial charge in [-0.05, 0) is 5.92 Å². The second-order valence-corrected chi connectivity index (χ2v) is 3.04. The lowest BCUT2D eigenvalue weighted by Crippen LogP contribution is -2.23. The van der Waals surface area contributed by atoms with Crippen molar-refractivity contribution in [1.29, 1.82) is 0 Å². The summed E-state index contributed by atoms with van der Waals surface area (Å²) in [4.78, 5) is 3.89. The lowest BCUT2D eigenvalue weighted by Gasteiger charge is -2.09. The number of hydrogen-bond acceptors (Lipinski definition) is 5. The molecule has 13 heavy (non-hydrogen) atoms. The van der Waals surface area contributed by atoms with Gasteiger partial charge in [0.25, 0.3) is 0 Å². The van der Waals surface area contributed by atoms with Crippen LogP contribution in [-0.2, 0) is 11.3 Å². The first-order valence-electron chi connectivity index (χ1n) is 4.28. The highest BCUT2D eigenvalue weighted by Crippen LogP contribution is 1.93. The third-order valence-corrected chi connectivity index (χ3v) is 1.63. The number of rotatable bonds is 6. The smallest absolute Gasteiger partial charge is 0.213 e. The predicted octanol–water partition coefficient (Wildman–Crippen LogP) is 0.442. The van der Waals surface area contributed by atoms with E-state index in [9.17, 15) is 0 Å². The van der Waals surface area contributed by atoms with Gasteiger partial charge in [-0.1, -0.05) is 12.1 Å². The van der Waals surface area contributed by atoms with Crippen LogP contribution in [0.15, 0.2) is 10.9 Å². The Morgan fingerprint density at radius 2 is 2.54 bits per heavy atom. The lowest BCUT2D eigenvalue weighted by molar-refractivity contribution is 0.158. The third kappa shape index (κ3) is 4.00. The fourth-order valence-electron chi connectivity index (χ4n) is 1.04. The van der Waals surface area contributed by atoms with Crippen molar-refractivity contribution in [2.24, 2.45) is 5.92 Å². The van der Waals surface area contributed by atoms with Crippen LogP contribution < -0.4 is 5.32 Å². The molecule has 0 aliphatic heterocycles. The molecule has 1 aromatic heterocycles. The average molecular weight is 185 g/mol. The van der Waals surface area contributed by atoms with Crippen LogP contribution in [0.4, 0.5) is 0 Å². The van der Waals surface area contributed by atoms with Gasteiger partial charge < -0.3 is 14.6 Å². The number of nitrogens with one attached hydrogen (secondary N) is 1. The molecule has 1 rings (SSSR count). The molecule has 5 nitrogen and oxygen atoms in total. The van der Waals surface area contributed by atoms with E-state index in [4.69, 9.17) is 4.74 Å². The second-order valence-electron chi connectivity index (χ2n) is 3.04. The molecule has 1 heterocycles. The number of ether oxygens (including phenoxy) is 1. The molecule has 0 saturated heterocycles. The Bertz CT molecular complexity index is 213. The van der Waals surface area contributed by atoms with Crippen molar-refractivity contribution in [3.05, 3.63) is 12.2 Å². The zero-order valence-electron chi connectivity index (χ0n) is 7.99. The highest BCUT2D eigenvalue weighted by atomic mass is 16.5. The monoisotopic (exact) mass is 185 g/mol. The van der Waals surface area contributed by atoms with Crippen LogP contribution in [0.25, 0.3) is 0 Å². The standard InChI is InChI=1S/C8H15N3O2/c1-7(5-12-2)3-9-4-8-10-6-13-11-8/h6-7,9H,3-5H2,1-2H3. The summed E-state index contributed by atoms with van der Waals surface area (Å²) in [6, 6.07) is 0. The van der Waals surface area contributed by atoms with Gasteiger partial charge in [-0.15, -0.1) is 0 Å². The highest BCUT2D eigenvalue weighted by Gasteiger charge is 2.01. The molecule has 0 bridgehead atoms. The van der Waals surface area contributed by atoms with Gasteiger partial charge in [-0.2, -0.15) is 4.98 Å². The zero-order valence-corrected chi connectivity index (χ0v) is 7.99. The van der Waals surface area contributed by atoms with Gasteiger partial charge in [0.1, 0.15) is 0 Å². The summed E-state index contributed by atoms with van der Waals surface area (Å²) in [6.45, 7) is 4.42. The summed E-state index contributed by atoms with van der Waals surface area (Å²) in [5.41, 5.74) is 0. The molecule has 0 saturated carbocycles. The van der Waals surface area contributed by atoms with E-state index in [1.54, 1.807) is 7.11 Å². The van der Waals surface area contributed by atoms with E-state index in [1.807, 2.05) is 0 Å². The molecule has 0 aromatic carbocycles. The summed E-state index contributed by atoms with van der Waals surface area (Å²) in [5, 5.41) is 6.89. The van der Waals surface area contributed by atoms with Crippen molar-refractivity contribution in [2.45, 2.75) is 13.5 Å². The van der Waals surface area contributed by atoms with Crippen molar-refractivity contribution in [3.8, 4) is 0 Å². The average Bonchev–Trinajstić information content (AvgIpc) is 2.57. The summed E-state index contributed by atoms with van der Waals surface area (Å²) in [6.07, 6.45) is 1.33. The maximum absolute atomic E-state index is 5.00.